The molecule has 0 unspecified atom stereocenters. The van der Waals surface area contributed by atoms with E-state index >= 15 is 0 Å². The monoisotopic (exact) mass is 632 g/mol. The minimum absolute atomic E-state index is 0. The van der Waals surface area contributed by atoms with Gasteiger partial charge in [0.1, 0.15) is 11.6 Å². The molecule has 0 aliphatic heterocycles. The molecule has 0 aliphatic carbocycles. The van der Waals surface area contributed by atoms with Crippen LogP contribution in [0.25, 0.3) is 33.3 Å². The molecule has 0 radical (unpaired) electrons. The van der Waals surface area contributed by atoms with E-state index in [9.17, 15) is 18.7 Å². The average Bonchev–Trinajstić information content (AvgIpc) is 2.68. The first-order valence-electron chi connectivity index (χ1n) is 8.64. The number of halogens is 2. The van der Waals surface area contributed by atoms with E-state index in [1.165, 1.54) is 24.3 Å². The standard InChI is InChI=1S/C23H15F2NO2.Fm/c1-13-21(23(27)28)18-12-16(24)10-11-20(18)26-22(13)15-8-6-14(7-9-15)17-4-2-3-5-19(17)25;/h2-12H,1H3,(H,27,28);. The molecule has 29 heavy (non-hydrogen) atoms. The van der Waals surface area contributed by atoms with Gasteiger partial charge in [0, 0.05) is 16.5 Å². The summed E-state index contributed by atoms with van der Waals surface area (Å²) < 4.78 is 27.6. The number of hydrogen-bond donors (Lipinski definition) is 1. The van der Waals surface area contributed by atoms with Gasteiger partial charge < -0.3 is 5.11 Å². The van der Waals surface area contributed by atoms with E-state index < -0.39 is 11.8 Å². The first kappa shape index (κ1) is 19.2. The van der Waals surface area contributed by atoms with Gasteiger partial charge in [0.2, 0.25) is 0 Å². The van der Waals surface area contributed by atoms with E-state index in [-0.39, 0.29) is 16.8 Å². The molecule has 150 valence electrons. The largest absolute Gasteiger partial charge is 0.478 e. The van der Waals surface area contributed by atoms with Crippen molar-refractivity contribution in [2.75, 3.05) is 0 Å². The summed E-state index contributed by atoms with van der Waals surface area (Å²) in [6.45, 7) is 1.65. The molecule has 1 heterocycles. The van der Waals surface area contributed by atoms with Gasteiger partial charge in [0.15, 0.2) is 0 Å². The summed E-state index contributed by atoms with van der Waals surface area (Å²) in [5.74, 6) is -1.97. The van der Waals surface area contributed by atoms with Gasteiger partial charge in [0.05, 0.1) is 16.8 Å². The molecular formula is C23H15F2FmNO2. The number of benzene rings is 3. The summed E-state index contributed by atoms with van der Waals surface area (Å²) >= 11 is 0. The van der Waals surface area contributed by atoms with Gasteiger partial charge in [0.25, 0.3) is 0 Å². The second-order valence-electron chi connectivity index (χ2n) is 6.48. The quantitative estimate of drug-likeness (QED) is 0.309. The molecule has 3 nitrogen and oxygen atoms in total. The van der Waals surface area contributed by atoms with Gasteiger partial charge in [-0.25, -0.2) is 18.6 Å². The maximum absolute atomic E-state index is 14.0. The molecule has 0 bridgehead atoms. The van der Waals surface area contributed by atoms with Crippen LogP contribution >= 0.6 is 0 Å². The molecule has 0 saturated carbocycles. The van der Waals surface area contributed by atoms with Crippen LogP contribution in [0.4, 0.5) is 8.78 Å². The van der Waals surface area contributed by atoms with E-state index in [2.05, 4.69) is 4.98 Å². The van der Waals surface area contributed by atoms with Gasteiger partial charge in [-0.05, 0) is 42.3 Å². The van der Waals surface area contributed by atoms with Gasteiger partial charge in [-0.3, -0.25) is 0 Å². The first-order chi connectivity index (χ1) is 13.5. The number of nitrogens with zero attached hydrogens (tertiary/aromatic N) is 1. The number of rotatable bonds is 3. The summed E-state index contributed by atoms with van der Waals surface area (Å²) in [6.07, 6.45) is 0. The van der Waals surface area contributed by atoms with Crippen molar-refractivity contribution in [3.63, 3.8) is 0 Å². The van der Waals surface area contributed by atoms with Crippen molar-refractivity contribution >= 4 is 16.9 Å². The Balaban J connectivity index is 0.00000240. The van der Waals surface area contributed by atoms with E-state index in [1.807, 2.05) is 0 Å². The van der Waals surface area contributed by atoms with E-state index in [0.717, 1.165) is 0 Å². The third-order valence-electron chi connectivity index (χ3n) is 4.75. The maximum atomic E-state index is 14.0. The Bertz CT molecular complexity index is 1220. The Morgan fingerprint density at radius 3 is 2.24 bits per heavy atom. The minimum Gasteiger partial charge on any atom is -0.478 e. The van der Waals surface area contributed by atoms with Crippen LogP contribution in [0.1, 0.15) is 15.9 Å². The van der Waals surface area contributed by atoms with Crippen molar-refractivity contribution in [3.8, 4) is 22.4 Å². The van der Waals surface area contributed by atoms with Crippen LogP contribution in [0.5, 0.6) is 0 Å². The molecule has 0 amide bonds. The molecule has 0 fully saturated rings. The number of pyridine rings is 1. The fourth-order valence-electron chi connectivity index (χ4n) is 3.39. The second-order valence-corrected chi connectivity index (χ2v) is 6.48. The zero-order valence-electron chi connectivity index (χ0n) is 15.2. The number of carboxylic acid groups (broad SMARTS) is 1. The molecular weight excluding hydrogens is 617 g/mol. The molecule has 1 N–H and O–H groups in total. The number of aromatic carboxylic acids is 1. The molecule has 0 atom stereocenters. The summed E-state index contributed by atoms with van der Waals surface area (Å²) in [5.41, 5.74) is 3.27. The summed E-state index contributed by atoms with van der Waals surface area (Å²) in [7, 11) is 0. The Hall–Kier alpha value is -4.60. The number of carboxylic acids is 1. The van der Waals surface area contributed by atoms with Crippen LogP contribution in [-0.4, -0.2) is 16.1 Å². The molecule has 6 heteroatoms. The van der Waals surface area contributed by atoms with Crippen molar-refractivity contribution in [3.05, 3.63) is 89.5 Å². The Labute approximate surface area is 159 Å². The Morgan fingerprint density at radius 1 is 0.931 bits per heavy atom. The van der Waals surface area contributed by atoms with Crippen molar-refractivity contribution in [2.45, 2.75) is 6.92 Å². The Kier molecular flexibility index (Phi) is 4.76. The van der Waals surface area contributed by atoms with E-state index in [0.29, 0.717) is 33.5 Å². The Morgan fingerprint density at radius 2 is 1.59 bits per heavy atom. The molecule has 0 spiro atoms. The van der Waals surface area contributed by atoms with Crippen molar-refractivity contribution < 1.29 is 18.7 Å². The SMILES string of the molecule is Cc1c(-c2ccc(-c3ccccc3F)cc2)nc2ccc(F)cc2c1C(=O)O.[Fm]. The van der Waals surface area contributed by atoms with Crippen LogP contribution < -0.4 is 0 Å². The van der Waals surface area contributed by atoms with E-state index in [1.54, 1.807) is 49.4 Å². The molecule has 4 rings (SSSR count). The maximum Gasteiger partial charge on any atom is 0.336 e. The third kappa shape index (κ3) is 3.25. The average molecular weight is 632 g/mol. The fourth-order valence-corrected chi connectivity index (χ4v) is 3.39. The predicted octanol–water partition coefficient (Wildman–Crippen LogP) is 5.85. The van der Waals surface area contributed by atoms with Crippen molar-refractivity contribution in [1.82, 2.24) is 4.98 Å². The molecule has 4 aromatic rings. The van der Waals surface area contributed by atoms with Crippen LogP contribution in [-0.2, 0) is 0 Å². The second kappa shape index (κ2) is 7.19. The first-order valence-corrected chi connectivity index (χ1v) is 8.64. The molecule has 3 aromatic carbocycles. The van der Waals surface area contributed by atoms with Gasteiger partial charge in [-0.15, -0.1) is 0 Å². The van der Waals surface area contributed by atoms with Crippen LogP contribution in [0, 0.1) is 18.6 Å². The van der Waals surface area contributed by atoms with Crippen molar-refractivity contribution in [2.24, 2.45) is 0 Å². The van der Waals surface area contributed by atoms with Crippen LogP contribution in [0.2, 0.25) is 0 Å². The molecule has 1 aromatic heterocycles. The van der Waals surface area contributed by atoms with Gasteiger partial charge >= 0.3 is 5.97 Å². The minimum atomic E-state index is -1.14. The van der Waals surface area contributed by atoms with Gasteiger partial charge in [-0.2, -0.15) is 0 Å². The molecule has 0 saturated heterocycles. The normalized spacial score (nSPS) is 10.6. The third-order valence-corrected chi connectivity index (χ3v) is 4.75. The fraction of sp³-hybridized carbons (Fsp3) is 0.0435. The van der Waals surface area contributed by atoms with Gasteiger partial charge in [-0.1, -0.05) is 42.5 Å². The summed E-state index contributed by atoms with van der Waals surface area (Å²) in [6, 6.07) is 17.5. The zero-order chi connectivity index (χ0) is 19.8. The number of hydrogen-bond acceptors (Lipinski definition) is 2. The van der Waals surface area contributed by atoms with E-state index in [4.69, 9.17) is 0 Å². The number of aromatic nitrogens is 1. The molecule has 0 aliphatic rings. The summed E-state index contributed by atoms with van der Waals surface area (Å²) in [4.78, 5) is 16.4. The summed E-state index contributed by atoms with van der Waals surface area (Å²) in [5, 5.41) is 9.92. The topological polar surface area (TPSA) is 50.2 Å². The number of fused-ring (bicyclic) bond motifs is 1. The predicted molar refractivity (Wildman–Crippen MR) is 104 cm³/mol. The van der Waals surface area contributed by atoms with Crippen LogP contribution in [0.3, 0.4) is 0 Å². The van der Waals surface area contributed by atoms with Crippen LogP contribution in [0.15, 0.2) is 66.7 Å². The van der Waals surface area contributed by atoms with Crippen molar-refractivity contribution in [1.29, 1.82) is 0 Å². The smallest absolute Gasteiger partial charge is 0.336 e. The number of carbonyl (C=O) groups is 1. The zero-order valence-corrected chi connectivity index (χ0v) is 17.6.